The van der Waals surface area contributed by atoms with Crippen LogP contribution in [0, 0.1) is 0 Å². The van der Waals surface area contributed by atoms with Gasteiger partial charge >= 0.3 is 0 Å². The average Bonchev–Trinajstić information content (AvgIpc) is 3.07. The molecule has 7 nitrogen and oxygen atoms in total. The third kappa shape index (κ3) is 5.55. The van der Waals surface area contributed by atoms with Gasteiger partial charge in [-0.15, -0.1) is 5.10 Å². The van der Waals surface area contributed by atoms with Crippen molar-refractivity contribution in [2.24, 2.45) is 10.2 Å². The van der Waals surface area contributed by atoms with E-state index in [1.807, 2.05) is 6.07 Å². The van der Waals surface area contributed by atoms with Crippen molar-refractivity contribution in [3.05, 3.63) is 64.7 Å². The number of rotatable bonds is 6. The Hall–Kier alpha value is -2.97. The van der Waals surface area contributed by atoms with Crippen LogP contribution in [0.2, 0.25) is 5.02 Å². The lowest BCUT2D eigenvalue weighted by atomic mass is 10.0. The zero-order valence-corrected chi connectivity index (χ0v) is 17.9. The van der Waals surface area contributed by atoms with Crippen molar-refractivity contribution in [1.82, 2.24) is 5.32 Å². The Morgan fingerprint density at radius 3 is 2.60 bits per heavy atom. The molecular formula is C21H19ClN4O3S. The molecule has 1 aliphatic rings. The smallest absolute Gasteiger partial charge is 0.240 e. The number of nitrogens with one attached hydrogen (secondary N) is 2. The number of nitrogens with zero attached hydrogens (tertiary/aromatic N) is 2. The first-order valence-electron chi connectivity index (χ1n) is 9.09. The van der Waals surface area contributed by atoms with Crippen LogP contribution < -0.4 is 10.6 Å². The van der Waals surface area contributed by atoms with Crippen LogP contribution in [0.25, 0.3) is 0 Å². The highest BCUT2D eigenvalue weighted by Crippen LogP contribution is 2.26. The molecule has 30 heavy (non-hydrogen) atoms. The summed E-state index contributed by atoms with van der Waals surface area (Å²) in [6.07, 6.45) is -0.0774. The number of amides is 2. The van der Waals surface area contributed by atoms with E-state index in [1.54, 1.807) is 50.2 Å². The van der Waals surface area contributed by atoms with Gasteiger partial charge in [-0.3, -0.25) is 14.4 Å². The predicted octanol–water partition coefficient (Wildman–Crippen LogP) is 3.88. The van der Waals surface area contributed by atoms with Gasteiger partial charge in [0.15, 0.2) is 11.0 Å². The zero-order chi connectivity index (χ0) is 21.7. The minimum Gasteiger partial charge on any atom is -0.325 e. The molecule has 1 aliphatic heterocycles. The molecule has 0 aromatic heterocycles. The molecule has 0 saturated carbocycles. The summed E-state index contributed by atoms with van der Waals surface area (Å²) >= 11 is 7.21. The lowest BCUT2D eigenvalue weighted by Gasteiger charge is -2.12. The highest BCUT2D eigenvalue weighted by Gasteiger charge is 2.32. The Morgan fingerprint density at radius 2 is 1.90 bits per heavy atom. The van der Waals surface area contributed by atoms with E-state index >= 15 is 0 Å². The summed E-state index contributed by atoms with van der Waals surface area (Å²) in [5, 5.41) is 13.3. The second-order valence-electron chi connectivity index (χ2n) is 6.69. The van der Waals surface area contributed by atoms with Crippen LogP contribution in [-0.4, -0.2) is 33.7 Å². The lowest BCUT2D eigenvalue weighted by Crippen LogP contribution is -2.28. The lowest BCUT2D eigenvalue weighted by molar-refractivity contribution is -0.122. The number of carbonyl (C=O) groups is 3. The van der Waals surface area contributed by atoms with Crippen molar-refractivity contribution in [1.29, 1.82) is 0 Å². The van der Waals surface area contributed by atoms with Crippen LogP contribution in [0.5, 0.6) is 0 Å². The number of halogens is 1. The summed E-state index contributed by atoms with van der Waals surface area (Å²) in [6, 6.07) is 13.4. The van der Waals surface area contributed by atoms with E-state index in [2.05, 4.69) is 20.8 Å². The number of hydrogen-bond acceptors (Lipinski definition) is 6. The van der Waals surface area contributed by atoms with Crippen LogP contribution in [0.3, 0.4) is 0 Å². The molecule has 2 N–H and O–H groups in total. The predicted molar refractivity (Wildman–Crippen MR) is 120 cm³/mol. The van der Waals surface area contributed by atoms with Gasteiger partial charge < -0.3 is 10.6 Å². The summed E-state index contributed by atoms with van der Waals surface area (Å²) < 4.78 is 0. The van der Waals surface area contributed by atoms with Gasteiger partial charge in [0.1, 0.15) is 5.25 Å². The van der Waals surface area contributed by atoms with E-state index in [0.29, 0.717) is 21.4 Å². The summed E-state index contributed by atoms with van der Waals surface area (Å²) in [4.78, 5) is 37.5. The number of hydrogen-bond donors (Lipinski definition) is 2. The molecule has 154 valence electrons. The standard InChI is InChI=1S/C21H19ClN4O3S/c1-12(2)25-26-21-24-20(29)17(30-21)11-18(27)23-16-9-8-14(22)10-15(16)19(28)13-6-4-3-5-7-13/h3-10,17H,11H2,1-2H3,(H,23,27)(H,24,26,29)/t17-/m0/s1. The molecule has 1 saturated heterocycles. The van der Waals surface area contributed by atoms with E-state index in [1.165, 1.54) is 6.07 Å². The van der Waals surface area contributed by atoms with Crippen LogP contribution >= 0.6 is 23.4 Å². The Kier molecular flexibility index (Phi) is 7.02. The van der Waals surface area contributed by atoms with Crippen molar-refractivity contribution < 1.29 is 14.4 Å². The molecule has 0 aliphatic carbocycles. The fraction of sp³-hybridized carbons (Fsp3) is 0.190. The number of thioether (sulfide) groups is 1. The number of amidine groups is 1. The molecule has 0 bridgehead atoms. The van der Waals surface area contributed by atoms with Gasteiger partial charge in [0.2, 0.25) is 11.8 Å². The van der Waals surface area contributed by atoms with Crippen LogP contribution in [0.15, 0.2) is 58.7 Å². The van der Waals surface area contributed by atoms with Crippen LogP contribution in [0.4, 0.5) is 5.69 Å². The molecule has 2 amide bonds. The largest absolute Gasteiger partial charge is 0.325 e. The van der Waals surface area contributed by atoms with Gasteiger partial charge in [0.05, 0.1) is 5.69 Å². The van der Waals surface area contributed by atoms with Crippen LogP contribution in [0.1, 0.15) is 36.2 Å². The molecule has 3 rings (SSSR count). The highest BCUT2D eigenvalue weighted by atomic mass is 35.5. The molecule has 1 fully saturated rings. The summed E-state index contributed by atoms with van der Waals surface area (Å²) in [6.45, 7) is 3.58. The fourth-order valence-corrected chi connectivity index (χ4v) is 3.75. The molecular weight excluding hydrogens is 424 g/mol. The molecule has 9 heteroatoms. The van der Waals surface area contributed by atoms with E-state index in [9.17, 15) is 14.4 Å². The molecule has 1 atom stereocenters. The first kappa shape index (κ1) is 21.7. The van der Waals surface area contributed by atoms with Crippen molar-refractivity contribution in [3.8, 4) is 0 Å². The third-order valence-corrected chi connectivity index (χ3v) is 5.33. The van der Waals surface area contributed by atoms with Crippen molar-refractivity contribution >= 4 is 57.5 Å². The maximum absolute atomic E-state index is 12.9. The number of benzene rings is 2. The van der Waals surface area contributed by atoms with Gasteiger partial charge in [0.25, 0.3) is 0 Å². The van der Waals surface area contributed by atoms with E-state index in [4.69, 9.17) is 11.6 Å². The molecule has 1 heterocycles. The summed E-state index contributed by atoms with van der Waals surface area (Å²) in [5.74, 6) is -0.971. The summed E-state index contributed by atoms with van der Waals surface area (Å²) in [5.41, 5.74) is 1.84. The third-order valence-electron chi connectivity index (χ3n) is 4.02. The molecule has 0 spiro atoms. The topological polar surface area (TPSA) is 100.0 Å². The van der Waals surface area contributed by atoms with Crippen molar-refractivity contribution in [2.45, 2.75) is 25.5 Å². The fourth-order valence-electron chi connectivity index (χ4n) is 2.66. The monoisotopic (exact) mass is 442 g/mol. The first-order valence-corrected chi connectivity index (χ1v) is 10.3. The first-order chi connectivity index (χ1) is 14.3. The Labute approximate surface area is 183 Å². The van der Waals surface area contributed by atoms with E-state index in [-0.39, 0.29) is 23.7 Å². The minimum atomic E-state index is -0.628. The molecule has 0 unspecified atom stereocenters. The summed E-state index contributed by atoms with van der Waals surface area (Å²) in [7, 11) is 0. The number of anilines is 1. The van der Waals surface area contributed by atoms with Gasteiger partial charge in [-0.25, -0.2) is 0 Å². The number of carbonyl (C=O) groups excluding carboxylic acids is 3. The van der Waals surface area contributed by atoms with Gasteiger partial charge in [0, 0.05) is 28.3 Å². The van der Waals surface area contributed by atoms with E-state index < -0.39 is 11.2 Å². The average molecular weight is 443 g/mol. The molecule has 0 radical (unpaired) electrons. The second kappa shape index (κ2) is 9.69. The minimum absolute atomic E-state index is 0.0774. The zero-order valence-electron chi connectivity index (χ0n) is 16.3. The van der Waals surface area contributed by atoms with Gasteiger partial charge in [-0.1, -0.05) is 53.7 Å². The number of ketones is 1. The van der Waals surface area contributed by atoms with Gasteiger partial charge in [-0.2, -0.15) is 5.10 Å². The molecule has 2 aromatic carbocycles. The molecule has 2 aromatic rings. The van der Waals surface area contributed by atoms with Crippen molar-refractivity contribution in [2.75, 3.05) is 5.32 Å². The maximum Gasteiger partial charge on any atom is 0.240 e. The maximum atomic E-state index is 12.9. The van der Waals surface area contributed by atoms with Gasteiger partial charge in [-0.05, 0) is 32.0 Å². The van der Waals surface area contributed by atoms with E-state index in [0.717, 1.165) is 17.5 Å². The quantitative estimate of drug-likeness (QED) is 0.402. The highest BCUT2D eigenvalue weighted by molar-refractivity contribution is 8.15. The second-order valence-corrected chi connectivity index (χ2v) is 8.31. The Bertz CT molecular complexity index is 1050. The normalized spacial score (nSPS) is 16.8. The Morgan fingerprint density at radius 1 is 1.17 bits per heavy atom. The Balaban J connectivity index is 1.73. The van der Waals surface area contributed by atoms with Crippen LogP contribution in [-0.2, 0) is 9.59 Å². The van der Waals surface area contributed by atoms with Crippen molar-refractivity contribution in [3.63, 3.8) is 0 Å². The SMILES string of the molecule is CC(C)=N/N=C1\NC(=O)[C@H](CC(=O)Nc2ccc(Cl)cc2C(=O)c2ccccc2)S1.